The number of ether oxygens (including phenoxy) is 2. The Kier molecular flexibility index (Phi) is 7.65. The molecular weight excluding hydrogens is 459 g/mol. The Morgan fingerprint density at radius 3 is 2.74 bits per heavy atom. The highest BCUT2D eigenvalue weighted by Gasteiger charge is 2.05. The van der Waals surface area contributed by atoms with E-state index >= 15 is 0 Å². The minimum absolute atomic E-state index is 0. The summed E-state index contributed by atoms with van der Waals surface area (Å²) in [5.41, 5.74) is 7.75. The number of nitrogens with two attached hydrogens (primary N) is 1. The lowest BCUT2D eigenvalue weighted by molar-refractivity contribution is 0.354. The maximum atomic E-state index is 5.94. The molecule has 2 heterocycles. The van der Waals surface area contributed by atoms with E-state index in [2.05, 4.69) is 20.5 Å². The van der Waals surface area contributed by atoms with Gasteiger partial charge in [-0.3, -0.25) is 4.40 Å². The third-order valence-corrected chi connectivity index (χ3v) is 3.92. The Hall–Kier alpha value is -2.56. The maximum Gasteiger partial charge on any atom is 0.188 e. The molecule has 144 valence electrons. The Balaban J connectivity index is 0.00000261. The largest absolute Gasteiger partial charge is 0.493 e. The molecule has 0 spiro atoms. The summed E-state index contributed by atoms with van der Waals surface area (Å²) in [6.07, 6.45) is 2.64. The first-order chi connectivity index (χ1) is 12.7. The van der Waals surface area contributed by atoms with E-state index in [-0.39, 0.29) is 24.0 Å². The number of aromatic nitrogens is 3. The molecule has 8 nitrogen and oxygen atoms in total. The summed E-state index contributed by atoms with van der Waals surface area (Å²) in [7, 11) is 3.21. The van der Waals surface area contributed by atoms with E-state index in [4.69, 9.17) is 15.2 Å². The Labute approximate surface area is 174 Å². The average molecular weight is 482 g/mol. The summed E-state index contributed by atoms with van der Waals surface area (Å²) in [6.45, 7) is 1.07. The molecule has 0 aliphatic carbocycles. The maximum absolute atomic E-state index is 5.94. The standard InChI is InChI=1S/C18H22N6O2.HI/c1-25-14-7-6-13(11-15(14)26-2)12-21-18(19)20-9-8-17-23-22-16-5-3-4-10-24(16)17;/h3-7,10-11H,8-9,12H2,1-2H3,(H3,19,20,21);1H. The van der Waals surface area contributed by atoms with Crippen LogP contribution in [0.3, 0.4) is 0 Å². The number of aliphatic imine (C=N–C) groups is 1. The minimum atomic E-state index is 0. The van der Waals surface area contributed by atoms with Crippen LogP contribution in [-0.2, 0) is 13.0 Å². The van der Waals surface area contributed by atoms with Crippen molar-refractivity contribution in [2.75, 3.05) is 20.8 Å². The number of guanidine groups is 1. The molecule has 1 aromatic carbocycles. The van der Waals surface area contributed by atoms with Crippen molar-refractivity contribution in [3.63, 3.8) is 0 Å². The molecule has 0 saturated heterocycles. The van der Waals surface area contributed by atoms with Crippen LogP contribution < -0.4 is 20.5 Å². The lowest BCUT2D eigenvalue weighted by Crippen LogP contribution is -2.33. The molecule has 0 aliphatic rings. The van der Waals surface area contributed by atoms with Gasteiger partial charge in [-0.15, -0.1) is 34.2 Å². The van der Waals surface area contributed by atoms with Gasteiger partial charge in [0.2, 0.25) is 0 Å². The van der Waals surface area contributed by atoms with E-state index in [1.54, 1.807) is 14.2 Å². The Morgan fingerprint density at radius 2 is 1.96 bits per heavy atom. The molecule has 0 atom stereocenters. The SMILES string of the molecule is COc1ccc(CN=C(N)NCCc2nnc3ccccn23)cc1OC.I. The first-order valence-corrected chi connectivity index (χ1v) is 8.24. The Bertz CT molecular complexity index is 912. The van der Waals surface area contributed by atoms with Gasteiger partial charge in [-0.25, -0.2) is 4.99 Å². The number of benzene rings is 1. The average Bonchev–Trinajstić information content (AvgIpc) is 3.09. The number of pyridine rings is 1. The van der Waals surface area contributed by atoms with Gasteiger partial charge in [-0.2, -0.15) is 0 Å². The molecule has 0 saturated carbocycles. The smallest absolute Gasteiger partial charge is 0.188 e. The zero-order valence-corrected chi connectivity index (χ0v) is 17.6. The van der Waals surface area contributed by atoms with Crippen LogP contribution in [0.2, 0.25) is 0 Å². The van der Waals surface area contributed by atoms with Gasteiger partial charge in [0.15, 0.2) is 23.1 Å². The number of hydrogen-bond donors (Lipinski definition) is 2. The molecule has 0 aliphatic heterocycles. The summed E-state index contributed by atoms with van der Waals surface area (Å²) in [5, 5.41) is 11.4. The molecule has 0 fully saturated rings. The monoisotopic (exact) mass is 482 g/mol. The summed E-state index contributed by atoms with van der Waals surface area (Å²) < 4.78 is 12.5. The highest BCUT2D eigenvalue weighted by molar-refractivity contribution is 14.0. The van der Waals surface area contributed by atoms with Crippen LogP contribution in [0.4, 0.5) is 0 Å². The minimum Gasteiger partial charge on any atom is -0.493 e. The first-order valence-electron chi connectivity index (χ1n) is 8.24. The third kappa shape index (κ3) is 5.22. The van der Waals surface area contributed by atoms with Crippen LogP contribution in [0, 0.1) is 0 Å². The highest BCUT2D eigenvalue weighted by atomic mass is 127. The normalized spacial score (nSPS) is 11.1. The van der Waals surface area contributed by atoms with Gasteiger partial charge in [0.1, 0.15) is 5.82 Å². The molecule has 0 radical (unpaired) electrons. The number of methoxy groups -OCH3 is 2. The molecule has 2 aromatic heterocycles. The lowest BCUT2D eigenvalue weighted by Gasteiger charge is -2.09. The molecule has 3 N–H and O–H groups in total. The molecule has 3 rings (SSSR count). The van der Waals surface area contributed by atoms with Gasteiger partial charge in [0.05, 0.1) is 20.8 Å². The highest BCUT2D eigenvalue weighted by Crippen LogP contribution is 2.27. The van der Waals surface area contributed by atoms with Gasteiger partial charge in [-0.1, -0.05) is 12.1 Å². The fourth-order valence-electron chi connectivity index (χ4n) is 2.58. The van der Waals surface area contributed by atoms with Gasteiger partial charge in [-0.05, 0) is 29.8 Å². The number of nitrogens with zero attached hydrogens (tertiary/aromatic N) is 4. The summed E-state index contributed by atoms with van der Waals surface area (Å²) >= 11 is 0. The van der Waals surface area contributed by atoms with Crippen LogP contribution in [-0.4, -0.2) is 41.3 Å². The van der Waals surface area contributed by atoms with Crippen LogP contribution in [0.25, 0.3) is 5.65 Å². The molecule has 0 unspecified atom stereocenters. The quantitative estimate of drug-likeness (QED) is 0.304. The van der Waals surface area contributed by atoms with E-state index < -0.39 is 0 Å². The topological polar surface area (TPSA) is 99.1 Å². The van der Waals surface area contributed by atoms with Gasteiger partial charge < -0.3 is 20.5 Å². The van der Waals surface area contributed by atoms with Crippen molar-refractivity contribution in [1.29, 1.82) is 0 Å². The predicted molar refractivity (Wildman–Crippen MR) is 115 cm³/mol. The lowest BCUT2D eigenvalue weighted by atomic mass is 10.2. The second-order valence-corrected chi connectivity index (χ2v) is 5.61. The van der Waals surface area contributed by atoms with E-state index in [9.17, 15) is 0 Å². The number of hydrogen-bond acceptors (Lipinski definition) is 5. The van der Waals surface area contributed by atoms with E-state index in [0.717, 1.165) is 17.0 Å². The predicted octanol–water partition coefficient (Wildman–Crippen LogP) is 2.01. The fourth-order valence-corrected chi connectivity index (χ4v) is 2.58. The molecule has 27 heavy (non-hydrogen) atoms. The fraction of sp³-hybridized carbons (Fsp3) is 0.278. The van der Waals surface area contributed by atoms with Crippen molar-refractivity contribution in [1.82, 2.24) is 19.9 Å². The molecule has 9 heteroatoms. The summed E-state index contributed by atoms with van der Waals surface area (Å²) in [6, 6.07) is 11.5. The summed E-state index contributed by atoms with van der Waals surface area (Å²) in [4.78, 5) is 4.35. The van der Waals surface area contributed by atoms with E-state index in [1.165, 1.54) is 0 Å². The zero-order chi connectivity index (χ0) is 18.4. The number of halogens is 1. The van der Waals surface area contributed by atoms with Gasteiger partial charge in [0.25, 0.3) is 0 Å². The van der Waals surface area contributed by atoms with Crippen LogP contribution in [0.15, 0.2) is 47.6 Å². The number of rotatable bonds is 7. The molecular formula is C18H23IN6O2. The van der Waals surface area contributed by atoms with Crippen LogP contribution in [0.1, 0.15) is 11.4 Å². The van der Waals surface area contributed by atoms with Crippen molar-refractivity contribution >= 4 is 35.6 Å². The summed E-state index contributed by atoms with van der Waals surface area (Å²) in [5.74, 6) is 2.62. The van der Waals surface area contributed by atoms with Crippen molar-refractivity contribution in [3.05, 3.63) is 54.0 Å². The van der Waals surface area contributed by atoms with Crippen LogP contribution >= 0.6 is 24.0 Å². The molecule has 3 aromatic rings. The second-order valence-electron chi connectivity index (χ2n) is 5.61. The number of fused-ring (bicyclic) bond motifs is 1. The van der Waals surface area contributed by atoms with E-state index in [0.29, 0.717) is 37.0 Å². The third-order valence-electron chi connectivity index (χ3n) is 3.92. The van der Waals surface area contributed by atoms with Gasteiger partial charge >= 0.3 is 0 Å². The van der Waals surface area contributed by atoms with Crippen molar-refractivity contribution in [3.8, 4) is 11.5 Å². The number of nitrogens with one attached hydrogen (secondary N) is 1. The van der Waals surface area contributed by atoms with E-state index in [1.807, 2.05) is 47.0 Å². The molecule has 0 bridgehead atoms. The zero-order valence-electron chi connectivity index (χ0n) is 15.3. The van der Waals surface area contributed by atoms with Crippen molar-refractivity contribution in [2.24, 2.45) is 10.7 Å². The molecule has 0 amide bonds. The van der Waals surface area contributed by atoms with Gasteiger partial charge in [0, 0.05) is 19.2 Å². The van der Waals surface area contributed by atoms with Crippen molar-refractivity contribution in [2.45, 2.75) is 13.0 Å². The van der Waals surface area contributed by atoms with Crippen LogP contribution in [0.5, 0.6) is 11.5 Å². The first kappa shape index (κ1) is 20.7. The second kappa shape index (κ2) is 9.95. The Morgan fingerprint density at radius 1 is 1.15 bits per heavy atom. The van der Waals surface area contributed by atoms with Crippen molar-refractivity contribution < 1.29 is 9.47 Å².